The lowest BCUT2D eigenvalue weighted by molar-refractivity contribution is -0.137. The highest BCUT2D eigenvalue weighted by Crippen LogP contribution is 2.49. The highest BCUT2D eigenvalue weighted by atomic mass is 19.4. The van der Waals surface area contributed by atoms with Gasteiger partial charge in [-0.1, -0.05) is 6.07 Å². The lowest BCUT2D eigenvalue weighted by Crippen LogP contribution is -2.15. The van der Waals surface area contributed by atoms with Gasteiger partial charge in [0.15, 0.2) is 0 Å². The molecule has 2 aromatic rings. The zero-order valence-corrected chi connectivity index (χ0v) is 11.4. The number of hydrogen-bond donors (Lipinski definition) is 1. The predicted molar refractivity (Wildman–Crippen MR) is 74.9 cm³/mol. The van der Waals surface area contributed by atoms with Crippen molar-refractivity contribution in [2.45, 2.75) is 37.8 Å². The van der Waals surface area contributed by atoms with E-state index in [1.54, 1.807) is 0 Å². The van der Waals surface area contributed by atoms with Crippen molar-refractivity contribution in [2.75, 3.05) is 5.73 Å². The van der Waals surface area contributed by atoms with Crippen LogP contribution >= 0.6 is 0 Å². The van der Waals surface area contributed by atoms with Crippen molar-refractivity contribution >= 4 is 16.6 Å². The monoisotopic (exact) mass is 292 g/mol. The molecule has 1 fully saturated rings. The highest BCUT2D eigenvalue weighted by molar-refractivity contribution is 5.93. The number of alkyl halides is 3. The van der Waals surface area contributed by atoms with E-state index in [-0.39, 0.29) is 0 Å². The molecule has 2 aliphatic rings. The Kier molecular flexibility index (Phi) is 2.53. The summed E-state index contributed by atoms with van der Waals surface area (Å²) in [5.41, 5.74) is 8.60. The molecule has 0 amide bonds. The van der Waals surface area contributed by atoms with E-state index in [9.17, 15) is 13.2 Å². The smallest absolute Gasteiger partial charge is 0.398 e. The minimum atomic E-state index is -4.35. The summed E-state index contributed by atoms with van der Waals surface area (Å²) in [5, 5.41) is 0.645. The summed E-state index contributed by atoms with van der Waals surface area (Å²) >= 11 is 0. The van der Waals surface area contributed by atoms with E-state index >= 15 is 0 Å². The number of nitrogen functional groups attached to an aromatic ring is 1. The average molecular weight is 292 g/mol. The van der Waals surface area contributed by atoms with Crippen LogP contribution in [0.15, 0.2) is 18.2 Å². The van der Waals surface area contributed by atoms with Crippen LogP contribution < -0.4 is 5.73 Å². The van der Waals surface area contributed by atoms with Crippen LogP contribution in [0.3, 0.4) is 0 Å². The molecule has 2 aliphatic carbocycles. The molecule has 0 radical (unpaired) electrons. The van der Waals surface area contributed by atoms with Gasteiger partial charge in [0.2, 0.25) is 0 Å². The summed E-state index contributed by atoms with van der Waals surface area (Å²) in [4.78, 5) is 4.51. The molecule has 21 heavy (non-hydrogen) atoms. The largest absolute Gasteiger partial charge is 0.416 e. The van der Waals surface area contributed by atoms with Gasteiger partial charge in [-0.15, -0.1) is 0 Å². The second-order valence-electron chi connectivity index (χ2n) is 6.20. The zero-order valence-electron chi connectivity index (χ0n) is 11.4. The Morgan fingerprint density at radius 1 is 1.19 bits per heavy atom. The fraction of sp³-hybridized carbons (Fsp3) is 0.438. The van der Waals surface area contributed by atoms with E-state index in [4.69, 9.17) is 5.73 Å². The SMILES string of the molecule is Nc1c2c(nc3cc(C(F)(F)F)ccc13)CC1CCC2C1. The molecular formula is C16H15F3N2. The minimum Gasteiger partial charge on any atom is -0.398 e. The van der Waals surface area contributed by atoms with Crippen LogP contribution in [-0.2, 0) is 12.6 Å². The lowest BCUT2D eigenvalue weighted by atomic mass is 9.84. The van der Waals surface area contributed by atoms with Gasteiger partial charge in [0, 0.05) is 22.3 Å². The Balaban J connectivity index is 1.95. The predicted octanol–water partition coefficient (Wildman–Crippen LogP) is 4.28. The molecule has 110 valence electrons. The van der Waals surface area contributed by atoms with Gasteiger partial charge in [0.1, 0.15) is 0 Å². The number of nitrogens with zero attached hydrogens (tertiary/aromatic N) is 1. The molecule has 1 aromatic heterocycles. The summed E-state index contributed by atoms with van der Waals surface area (Å²) in [7, 11) is 0. The van der Waals surface area contributed by atoms with E-state index in [0.29, 0.717) is 28.4 Å². The van der Waals surface area contributed by atoms with Gasteiger partial charge >= 0.3 is 6.18 Å². The quantitative estimate of drug-likeness (QED) is 0.787. The van der Waals surface area contributed by atoms with E-state index < -0.39 is 11.7 Å². The summed E-state index contributed by atoms with van der Waals surface area (Å²) in [6.45, 7) is 0. The third-order valence-electron chi connectivity index (χ3n) is 4.90. The van der Waals surface area contributed by atoms with Crippen LogP contribution in [-0.4, -0.2) is 4.98 Å². The van der Waals surface area contributed by atoms with E-state index in [1.807, 2.05) is 0 Å². The first-order valence-electron chi connectivity index (χ1n) is 7.22. The fourth-order valence-electron chi connectivity index (χ4n) is 3.94. The number of fused-ring (bicyclic) bond motifs is 5. The highest BCUT2D eigenvalue weighted by Gasteiger charge is 2.36. The molecule has 0 spiro atoms. The van der Waals surface area contributed by atoms with Crippen molar-refractivity contribution in [3.8, 4) is 0 Å². The van der Waals surface area contributed by atoms with Crippen molar-refractivity contribution in [1.29, 1.82) is 0 Å². The van der Waals surface area contributed by atoms with Crippen molar-refractivity contribution < 1.29 is 13.2 Å². The number of anilines is 1. The molecule has 2 bridgehead atoms. The van der Waals surface area contributed by atoms with Crippen molar-refractivity contribution in [3.63, 3.8) is 0 Å². The second kappa shape index (κ2) is 4.12. The van der Waals surface area contributed by atoms with Crippen LogP contribution in [0.4, 0.5) is 18.9 Å². The number of aromatic nitrogens is 1. The van der Waals surface area contributed by atoms with Gasteiger partial charge in [0.05, 0.1) is 11.1 Å². The van der Waals surface area contributed by atoms with Crippen LogP contribution in [0.2, 0.25) is 0 Å². The molecule has 1 saturated carbocycles. The van der Waals surface area contributed by atoms with Gasteiger partial charge < -0.3 is 5.73 Å². The number of hydrogen-bond acceptors (Lipinski definition) is 2. The molecule has 4 rings (SSSR count). The normalized spacial score (nSPS) is 24.3. The Morgan fingerprint density at radius 2 is 2.00 bits per heavy atom. The summed E-state index contributed by atoms with van der Waals surface area (Å²) in [6.07, 6.45) is -0.0624. The molecule has 0 saturated heterocycles. The van der Waals surface area contributed by atoms with Gasteiger partial charge in [0.25, 0.3) is 0 Å². The van der Waals surface area contributed by atoms with Crippen LogP contribution in [0, 0.1) is 5.92 Å². The molecule has 5 heteroatoms. The van der Waals surface area contributed by atoms with Crippen LogP contribution in [0.25, 0.3) is 10.9 Å². The fourth-order valence-corrected chi connectivity index (χ4v) is 3.94. The van der Waals surface area contributed by atoms with E-state index in [0.717, 1.165) is 42.7 Å². The number of halogens is 3. The Labute approximate surface area is 120 Å². The zero-order chi connectivity index (χ0) is 14.8. The molecule has 1 heterocycles. The van der Waals surface area contributed by atoms with Gasteiger partial charge in [-0.2, -0.15) is 13.2 Å². The maximum Gasteiger partial charge on any atom is 0.416 e. The first-order chi connectivity index (χ1) is 9.93. The van der Waals surface area contributed by atoms with Gasteiger partial charge in [-0.25, -0.2) is 0 Å². The third-order valence-corrected chi connectivity index (χ3v) is 4.90. The maximum atomic E-state index is 12.8. The van der Waals surface area contributed by atoms with Crippen molar-refractivity contribution in [3.05, 3.63) is 35.0 Å². The molecule has 2 atom stereocenters. The molecule has 0 aliphatic heterocycles. The number of benzene rings is 1. The summed E-state index contributed by atoms with van der Waals surface area (Å²) in [6, 6.07) is 3.66. The van der Waals surface area contributed by atoms with Crippen molar-refractivity contribution in [1.82, 2.24) is 4.98 Å². The summed E-state index contributed by atoms with van der Waals surface area (Å²) < 4.78 is 38.5. The number of nitrogens with two attached hydrogens (primary N) is 1. The molecule has 2 nitrogen and oxygen atoms in total. The molecule has 2 N–H and O–H groups in total. The van der Waals surface area contributed by atoms with Gasteiger partial charge in [-0.05, 0) is 49.7 Å². The number of pyridine rings is 1. The van der Waals surface area contributed by atoms with Crippen LogP contribution in [0.1, 0.15) is 42.0 Å². The first-order valence-corrected chi connectivity index (χ1v) is 7.22. The Bertz CT molecular complexity index is 736. The van der Waals surface area contributed by atoms with E-state index in [2.05, 4.69) is 4.98 Å². The second-order valence-corrected chi connectivity index (χ2v) is 6.20. The molecular weight excluding hydrogens is 277 g/mol. The standard InChI is InChI=1S/C16H15F3N2/c17-16(18,19)10-3-4-11-12(7-10)21-13-6-8-1-2-9(5-8)14(13)15(11)20/h3-4,7-9H,1-2,5-6H2,(H2,20,21). The Hall–Kier alpha value is -1.78. The Morgan fingerprint density at radius 3 is 2.76 bits per heavy atom. The lowest BCUT2D eigenvalue weighted by Gasteiger charge is -2.24. The first kappa shape index (κ1) is 12.9. The third kappa shape index (κ3) is 1.90. The molecule has 1 aromatic carbocycles. The maximum absolute atomic E-state index is 12.8. The number of rotatable bonds is 0. The average Bonchev–Trinajstić information content (AvgIpc) is 2.79. The summed E-state index contributed by atoms with van der Waals surface area (Å²) in [5.74, 6) is 1.07. The van der Waals surface area contributed by atoms with Crippen LogP contribution in [0.5, 0.6) is 0 Å². The molecule has 2 unspecified atom stereocenters. The van der Waals surface area contributed by atoms with Gasteiger partial charge in [-0.3, -0.25) is 4.98 Å². The minimum absolute atomic E-state index is 0.363. The van der Waals surface area contributed by atoms with Crippen molar-refractivity contribution in [2.24, 2.45) is 5.92 Å². The van der Waals surface area contributed by atoms with E-state index in [1.165, 1.54) is 12.5 Å². The topological polar surface area (TPSA) is 38.9 Å².